The van der Waals surface area contributed by atoms with Crippen molar-refractivity contribution in [3.63, 3.8) is 0 Å². The maximum Gasteiger partial charge on any atom is 0.250 e. The summed E-state index contributed by atoms with van der Waals surface area (Å²) in [5, 5.41) is 2.25. The molecule has 0 unspecified atom stereocenters. The fraction of sp³-hybridized carbons (Fsp3) is 0.316. The molecule has 5 nitrogen and oxygen atoms in total. The van der Waals surface area contributed by atoms with Crippen LogP contribution in [0.1, 0.15) is 5.82 Å². The Hall–Kier alpha value is -1.66. The summed E-state index contributed by atoms with van der Waals surface area (Å²) >= 11 is 18.3. The Balaban J connectivity index is 1.79. The lowest BCUT2D eigenvalue weighted by molar-refractivity contribution is 0.311. The average molecular weight is 423 g/mol. The van der Waals surface area contributed by atoms with Crippen LogP contribution in [0.5, 0.6) is 0 Å². The van der Waals surface area contributed by atoms with Crippen molar-refractivity contribution < 1.29 is 0 Å². The molecule has 2 aromatic carbocycles. The highest BCUT2D eigenvalue weighted by molar-refractivity contribution is 6.66. The van der Waals surface area contributed by atoms with E-state index in [1.54, 1.807) is 0 Å². The fourth-order valence-corrected chi connectivity index (χ4v) is 3.35. The fourth-order valence-electron chi connectivity index (χ4n) is 3.10. The largest absolute Gasteiger partial charge is 0.338 e. The van der Waals surface area contributed by atoms with Crippen molar-refractivity contribution in [3.8, 4) is 11.4 Å². The van der Waals surface area contributed by atoms with Gasteiger partial charge in [-0.1, -0.05) is 71.2 Å². The van der Waals surface area contributed by atoms with Crippen LogP contribution in [0.2, 0.25) is 0 Å². The SMILES string of the molecule is CN1CCN(c2nc(-c3ccc4ccccc4c3)nc(C(Cl)(Cl)Cl)n2)CC1. The van der Waals surface area contributed by atoms with Crippen molar-refractivity contribution in [2.45, 2.75) is 3.79 Å². The van der Waals surface area contributed by atoms with Crippen molar-refractivity contribution in [2.75, 3.05) is 38.1 Å². The second-order valence-electron chi connectivity index (χ2n) is 6.63. The number of nitrogens with zero attached hydrogens (tertiary/aromatic N) is 5. The Labute approximate surface area is 172 Å². The number of benzene rings is 2. The molecule has 140 valence electrons. The maximum atomic E-state index is 6.10. The van der Waals surface area contributed by atoms with Crippen LogP contribution in [0.3, 0.4) is 0 Å². The van der Waals surface area contributed by atoms with Crippen molar-refractivity contribution in [3.05, 3.63) is 48.3 Å². The first kappa shape index (κ1) is 18.7. The molecule has 1 aromatic heterocycles. The second-order valence-corrected chi connectivity index (χ2v) is 8.91. The van der Waals surface area contributed by atoms with Crippen molar-refractivity contribution in [1.29, 1.82) is 0 Å². The molecule has 0 atom stereocenters. The first-order valence-corrected chi connectivity index (χ1v) is 9.79. The molecule has 1 aliphatic rings. The van der Waals surface area contributed by atoms with E-state index >= 15 is 0 Å². The number of likely N-dealkylation sites (N-methyl/N-ethyl adjacent to an activating group) is 1. The predicted octanol–water partition coefficient (Wildman–Crippen LogP) is 4.27. The van der Waals surface area contributed by atoms with Crippen LogP contribution in [-0.4, -0.2) is 53.1 Å². The number of aromatic nitrogens is 3. The number of fused-ring (bicyclic) bond motifs is 1. The van der Waals surface area contributed by atoms with Gasteiger partial charge in [0.05, 0.1) is 0 Å². The Morgan fingerprint density at radius 1 is 0.852 bits per heavy atom. The standard InChI is InChI=1S/C19H18Cl3N5/c1-26-8-10-27(11-9-26)18-24-16(23-17(25-18)19(20,21)22)15-7-6-13-4-2-3-5-14(13)12-15/h2-7,12H,8-11H2,1H3. The van der Waals surface area contributed by atoms with Gasteiger partial charge in [-0.05, 0) is 23.9 Å². The normalized spacial score (nSPS) is 16.1. The molecule has 0 amide bonds. The number of rotatable bonds is 2. The van der Waals surface area contributed by atoms with E-state index in [1.165, 1.54) is 0 Å². The summed E-state index contributed by atoms with van der Waals surface area (Å²) in [7, 11) is 2.10. The third-order valence-corrected chi connectivity index (χ3v) is 5.18. The van der Waals surface area contributed by atoms with Crippen LogP contribution in [-0.2, 0) is 3.79 Å². The topological polar surface area (TPSA) is 45.2 Å². The van der Waals surface area contributed by atoms with Gasteiger partial charge in [-0.15, -0.1) is 0 Å². The number of halogens is 3. The third-order valence-electron chi connectivity index (χ3n) is 4.67. The highest BCUT2D eigenvalue weighted by Gasteiger charge is 2.30. The van der Waals surface area contributed by atoms with Gasteiger partial charge in [-0.3, -0.25) is 0 Å². The molecule has 3 aromatic rings. The first-order chi connectivity index (χ1) is 12.9. The molecule has 0 saturated carbocycles. The van der Waals surface area contributed by atoms with Crippen LogP contribution in [0.25, 0.3) is 22.2 Å². The molecule has 2 heterocycles. The number of anilines is 1. The van der Waals surface area contributed by atoms with E-state index in [9.17, 15) is 0 Å². The van der Waals surface area contributed by atoms with Crippen molar-refractivity contribution in [1.82, 2.24) is 19.9 Å². The lowest BCUT2D eigenvalue weighted by Crippen LogP contribution is -2.45. The molecule has 0 spiro atoms. The van der Waals surface area contributed by atoms with Gasteiger partial charge in [0.25, 0.3) is 0 Å². The van der Waals surface area contributed by atoms with Gasteiger partial charge >= 0.3 is 0 Å². The van der Waals surface area contributed by atoms with Gasteiger partial charge in [0, 0.05) is 31.7 Å². The monoisotopic (exact) mass is 421 g/mol. The minimum Gasteiger partial charge on any atom is -0.338 e. The molecule has 27 heavy (non-hydrogen) atoms. The highest BCUT2D eigenvalue weighted by Crippen LogP contribution is 2.37. The molecule has 4 rings (SSSR count). The van der Waals surface area contributed by atoms with Crippen LogP contribution < -0.4 is 4.90 Å². The van der Waals surface area contributed by atoms with Gasteiger partial charge in [0.1, 0.15) is 0 Å². The van der Waals surface area contributed by atoms with E-state index in [4.69, 9.17) is 34.8 Å². The lowest BCUT2D eigenvalue weighted by Gasteiger charge is -2.32. The van der Waals surface area contributed by atoms with Crippen molar-refractivity contribution in [2.24, 2.45) is 0 Å². The van der Waals surface area contributed by atoms with Gasteiger partial charge < -0.3 is 9.80 Å². The van der Waals surface area contributed by atoms with E-state index in [1.807, 2.05) is 30.3 Å². The van der Waals surface area contributed by atoms with Gasteiger partial charge in [-0.25, -0.2) is 4.98 Å². The van der Waals surface area contributed by atoms with E-state index in [0.29, 0.717) is 11.8 Å². The summed E-state index contributed by atoms with van der Waals surface area (Å²) in [5.74, 6) is 1.19. The minimum atomic E-state index is -1.71. The molecule has 0 aliphatic carbocycles. The van der Waals surface area contributed by atoms with Crippen LogP contribution in [0.15, 0.2) is 42.5 Å². The molecule has 0 radical (unpaired) electrons. The molecule has 1 fully saturated rings. The summed E-state index contributed by atoms with van der Waals surface area (Å²) in [6.07, 6.45) is 0. The number of hydrogen-bond donors (Lipinski definition) is 0. The van der Waals surface area contributed by atoms with Crippen LogP contribution in [0.4, 0.5) is 5.95 Å². The summed E-state index contributed by atoms with van der Waals surface area (Å²) < 4.78 is -1.71. The zero-order valence-corrected chi connectivity index (χ0v) is 17.0. The average Bonchev–Trinajstić information content (AvgIpc) is 2.67. The Bertz CT molecular complexity index is 965. The van der Waals surface area contributed by atoms with Crippen LogP contribution in [0, 0.1) is 0 Å². The Morgan fingerprint density at radius 3 is 2.26 bits per heavy atom. The summed E-state index contributed by atoms with van der Waals surface area (Å²) in [5.41, 5.74) is 0.863. The predicted molar refractivity (Wildman–Crippen MR) is 112 cm³/mol. The molecule has 0 bridgehead atoms. The zero-order chi connectivity index (χ0) is 19.0. The number of piperazine rings is 1. The second kappa shape index (κ2) is 7.40. The highest BCUT2D eigenvalue weighted by atomic mass is 35.6. The number of hydrogen-bond acceptors (Lipinski definition) is 5. The van der Waals surface area contributed by atoms with Gasteiger partial charge in [0.2, 0.25) is 9.74 Å². The Morgan fingerprint density at radius 2 is 1.56 bits per heavy atom. The molecular weight excluding hydrogens is 405 g/mol. The summed E-state index contributed by atoms with van der Waals surface area (Å²) in [6.45, 7) is 3.49. The third kappa shape index (κ3) is 4.11. The smallest absolute Gasteiger partial charge is 0.250 e. The Kier molecular flexibility index (Phi) is 5.12. The molecular formula is C19H18Cl3N5. The maximum absolute atomic E-state index is 6.10. The molecule has 8 heteroatoms. The van der Waals surface area contributed by atoms with Crippen LogP contribution >= 0.6 is 34.8 Å². The van der Waals surface area contributed by atoms with E-state index in [2.05, 4.69) is 43.9 Å². The summed E-state index contributed by atoms with van der Waals surface area (Å²) in [6, 6.07) is 14.2. The van der Waals surface area contributed by atoms with E-state index < -0.39 is 3.79 Å². The molecule has 1 saturated heterocycles. The van der Waals surface area contributed by atoms with Gasteiger partial charge in [-0.2, -0.15) is 9.97 Å². The minimum absolute atomic E-state index is 0.139. The van der Waals surface area contributed by atoms with E-state index in [-0.39, 0.29) is 5.82 Å². The lowest BCUT2D eigenvalue weighted by atomic mass is 10.1. The number of alkyl halides is 3. The molecule has 0 N–H and O–H groups in total. The zero-order valence-electron chi connectivity index (χ0n) is 14.7. The van der Waals surface area contributed by atoms with Crippen molar-refractivity contribution >= 4 is 51.5 Å². The first-order valence-electron chi connectivity index (χ1n) is 8.66. The quantitative estimate of drug-likeness (QED) is 0.577. The summed E-state index contributed by atoms with van der Waals surface area (Å²) in [4.78, 5) is 17.9. The molecule has 1 aliphatic heterocycles. The van der Waals surface area contributed by atoms with E-state index in [0.717, 1.165) is 42.5 Å². The van der Waals surface area contributed by atoms with Gasteiger partial charge in [0.15, 0.2) is 11.6 Å².